The van der Waals surface area contributed by atoms with Crippen LogP contribution in [0, 0.1) is 0 Å². The van der Waals surface area contributed by atoms with E-state index in [4.69, 9.17) is 28.4 Å². The van der Waals surface area contributed by atoms with Gasteiger partial charge in [-0.3, -0.25) is 19.2 Å². The Balaban J connectivity index is 2.55. The largest absolute Gasteiger partial charge is 0.475 e. The number of benzene rings is 1. The monoisotopic (exact) mass is 506 g/mol. The number of carbonyl (C=O) groups excluding carboxylic acids is 4. The molecule has 13 heteroatoms. The molecule has 1 aliphatic rings. The van der Waals surface area contributed by atoms with Gasteiger partial charge < -0.3 is 33.5 Å². The molecule has 1 aromatic rings. The predicted octanol–water partition coefficient (Wildman–Crippen LogP) is -0.530. The van der Waals surface area contributed by atoms with Crippen molar-refractivity contribution in [3.8, 4) is 0 Å². The number of aliphatic carboxylic acids is 1. The number of hydrogen-bond donors (Lipinski definition) is 1. The zero-order valence-corrected chi connectivity index (χ0v) is 20.4. The van der Waals surface area contributed by atoms with E-state index in [-0.39, 0.29) is 0 Å². The van der Waals surface area contributed by atoms with Crippen molar-refractivity contribution in [1.29, 1.82) is 0 Å². The van der Waals surface area contributed by atoms with E-state index in [1.54, 1.807) is 32.1 Å². The van der Waals surface area contributed by atoms with Crippen molar-refractivity contribution in [2.45, 2.75) is 58.4 Å². The Morgan fingerprint density at radius 1 is 0.861 bits per heavy atom. The van der Waals surface area contributed by atoms with Crippen molar-refractivity contribution in [1.82, 2.24) is 0 Å². The quantitative estimate of drug-likeness (QED) is 0.150. The molecule has 2 rings (SSSR count). The minimum atomic E-state index is -1.66. The first-order valence-corrected chi connectivity index (χ1v) is 10.9. The van der Waals surface area contributed by atoms with Gasteiger partial charge in [0.05, 0.1) is 0 Å². The molecule has 0 radical (unpaired) electrons. The Bertz CT molecular complexity index is 1040. The molecule has 0 aliphatic carbocycles. The minimum absolute atomic E-state index is 0.471. The average Bonchev–Trinajstić information content (AvgIpc) is 2.76. The molecule has 0 aromatic heterocycles. The van der Waals surface area contributed by atoms with Crippen LogP contribution in [0.5, 0.6) is 0 Å². The molecule has 1 aliphatic heterocycles. The van der Waals surface area contributed by atoms with E-state index in [0.717, 1.165) is 33.2 Å². The highest BCUT2D eigenvalue weighted by Crippen LogP contribution is 2.31. The first-order chi connectivity index (χ1) is 16.9. The Morgan fingerprint density at radius 2 is 1.42 bits per heavy atom. The van der Waals surface area contributed by atoms with Crippen molar-refractivity contribution in [3.63, 3.8) is 0 Å². The van der Waals surface area contributed by atoms with E-state index in [1.807, 2.05) is 0 Å². The Kier molecular flexibility index (Phi) is 10.0. The van der Waals surface area contributed by atoms with Crippen LogP contribution < -0.4 is 5.46 Å². The van der Waals surface area contributed by atoms with Crippen LogP contribution in [0.2, 0.25) is 0 Å². The van der Waals surface area contributed by atoms with Gasteiger partial charge >= 0.3 is 29.8 Å². The van der Waals surface area contributed by atoms with E-state index >= 15 is 0 Å². The lowest BCUT2D eigenvalue weighted by molar-refractivity contribution is -0.299. The summed E-state index contributed by atoms with van der Waals surface area (Å²) in [5.41, 5.74) is 1.28. The number of carboxylic acids is 1. The molecule has 1 aromatic carbocycles. The lowest BCUT2D eigenvalue weighted by Gasteiger charge is -2.43. The van der Waals surface area contributed by atoms with Gasteiger partial charge in [-0.1, -0.05) is 29.7 Å². The van der Waals surface area contributed by atoms with Crippen LogP contribution in [-0.2, 0) is 52.4 Å². The average molecular weight is 506 g/mol. The normalized spacial score (nSPS) is 23.7. The minimum Gasteiger partial charge on any atom is -0.475 e. The summed E-state index contributed by atoms with van der Waals surface area (Å²) in [7, 11) is 1.76. The molecule has 1 fully saturated rings. The van der Waals surface area contributed by atoms with Gasteiger partial charge in [0, 0.05) is 27.7 Å². The van der Waals surface area contributed by atoms with E-state index in [9.17, 15) is 29.1 Å². The van der Waals surface area contributed by atoms with E-state index in [2.05, 4.69) is 0 Å². The lowest BCUT2D eigenvalue weighted by atomic mass is 9.90. The van der Waals surface area contributed by atoms with Gasteiger partial charge in [0.25, 0.3) is 0 Å². The SMILES string of the molecule is Bc1ccccc1/C=C(\O[C@H]1O[C@@H](COC(C)=O)[C@@H](OC(C)=O)[C@@H](OC(C)=O)[C@@H]1OC(C)=O)C(=O)O. The summed E-state index contributed by atoms with van der Waals surface area (Å²) in [5.74, 6) is -5.19. The van der Waals surface area contributed by atoms with Gasteiger partial charge in [0.15, 0.2) is 12.2 Å². The summed E-state index contributed by atoms with van der Waals surface area (Å²) in [6, 6.07) is 6.90. The van der Waals surface area contributed by atoms with Gasteiger partial charge in [-0.15, -0.1) is 0 Å². The van der Waals surface area contributed by atoms with Gasteiger partial charge in [0.2, 0.25) is 18.2 Å². The lowest BCUT2D eigenvalue weighted by Crippen LogP contribution is -2.63. The van der Waals surface area contributed by atoms with E-state index < -0.39 is 72.9 Å². The third kappa shape index (κ3) is 8.12. The zero-order chi connectivity index (χ0) is 27.0. The number of carbonyl (C=O) groups is 5. The Morgan fingerprint density at radius 3 is 1.94 bits per heavy atom. The highest BCUT2D eigenvalue weighted by atomic mass is 16.7. The van der Waals surface area contributed by atoms with Gasteiger partial charge in [-0.05, 0) is 11.6 Å². The topological polar surface area (TPSA) is 161 Å². The zero-order valence-electron chi connectivity index (χ0n) is 20.4. The Labute approximate surface area is 207 Å². The predicted molar refractivity (Wildman–Crippen MR) is 123 cm³/mol. The number of carboxylic acid groups (broad SMARTS) is 1. The van der Waals surface area contributed by atoms with Crippen LogP contribution in [0.25, 0.3) is 6.08 Å². The second-order valence-electron chi connectivity index (χ2n) is 7.86. The molecule has 0 bridgehead atoms. The number of hydrogen-bond acceptors (Lipinski definition) is 11. The maximum absolute atomic E-state index is 12.0. The molecule has 1 saturated heterocycles. The number of rotatable bonds is 9. The highest BCUT2D eigenvalue weighted by Gasteiger charge is 2.53. The van der Waals surface area contributed by atoms with Crippen LogP contribution in [0.15, 0.2) is 30.0 Å². The van der Waals surface area contributed by atoms with Crippen molar-refractivity contribution in [3.05, 3.63) is 35.6 Å². The van der Waals surface area contributed by atoms with Crippen LogP contribution in [0.4, 0.5) is 0 Å². The summed E-state index contributed by atoms with van der Waals surface area (Å²) in [5, 5.41) is 9.77. The van der Waals surface area contributed by atoms with E-state index in [0.29, 0.717) is 5.56 Å². The maximum Gasteiger partial charge on any atom is 0.371 e. The second kappa shape index (κ2) is 12.7. The molecular formula is C23H27BO12. The van der Waals surface area contributed by atoms with Crippen molar-refractivity contribution < 1.29 is 57.5 Å². The standard InChI is InChI=1S/C23H27BO12/c1-11(25)31-10-18-19(32-12(2)26)20(33-13(3)27)21(34-14(4)28)23(36-18)35-17(22(29)30)9-15-7-5-6-8-16(15)24/h5-9,18-21,23H,10,24H2,1-4H3,(H,29,30)/b17-9-/t18-,19+,20+,21-,23-/m0/s1. The molecule has 0 saturated carbocycles. The summed E-state index contributed by atoms with van der Waals surface area (Å²) in [4.78, 5) is 59.0. The molecule has 0 unspecified atom stereocenters. The van der Waals surface area contributed by atoms with Crippen LogP contribution >= 0.6 is 0 Å². The number of ether oxygens (including phenoxy) is 6. The highest BCUT2D eigenvalue weighted by molar-refractivity contribution is 6.34. The van der Waals surface area contributed by atoms with Gasteiger partial charge in [0.1, 0.15) is 20.6 Å². The molecule has 12 nitrogen and oxygen atoms in total. The fourth-order valence-electron chi connectivity index (χ4n) is 3.44. The van der Waals surface area contributed by atoms with Crippen molar-refractivity contribution >= 4 is 49.2 Å². The fourth-order valence-corrected chi connectivity index (χ4v) is 3.44. The third-order valence-electron chi connectivity index (χ3n) is 4.88. The van der Waals surface area contributed by atoms with Crippen LogP contribution in [0.1, 0.15) is 33.3 Å². The van der Waals surface area contributed by atoms with Crippen molar-refractivity contribution in [2.75, 3.05) is 6.61 Å². The molecule has 1 heterocycles. The smallest absolute Gasteiger partial charge is 0.371 e. The van der Waals surface area contributed by atoms with Crippen molar-refractivity contribution in [2.24, 2.45) is 0 Å². The Hall–Kier alpha value is -3.87. The molecule has 36 heavy (non-hydrogen) atoms. The third-order valence-corrected chi connectivity index (χ3v) is 4.88. The first kappa shape index (κ1) is 28.4. The molecule has 0 amide bonds. The molecule has 0 spiro atoms. The van der Waals surface area contributed by atoms with Gasteiger partial charge in [-0.25, -0.2) is 4.79 Å². The van der Waals surface area contributed by atoms with Gasteiger partial charge in [-0.2, -0.15) is 0 Å². The molecule has 5 atom stereocenters. The number of esters is 4. The van der Waals surface area contributed by atoms with Crippen LogP contribution in [-0.4, -0.2) is 80.1 Å². The molecular weight excluding hydrogens is 479 g/mol. The molecule has 1 N–H and O–H groups in total. The summed E-state index contributed by atoms with van der Waals surface area (Å²) < 4.78 is 32.2. The summed E-state index contributed by atoms with van der Waals surface area (Å²) in [6.07, 6.45) is -6.11. The fraction of sp³-hybridized carbons (Fsp3) is 0.435. The van der Waals surface area contributed by atoms with Crippen LogP contribution in [0.3, 0.4) is 0 Å². The molecule has 194 valence electrons. The summed E-state index contributed by atoms with van der Waals surface area (Å²) in [6.45, 7) is 3.89. The summed E-state index contributed by atoms with van der Waals surface area (Å²) >= 11 is 0. The maximum atomic E-state index is 12.0. The van der Waals surface area contributed by atoms with E-state index in [1.165, 1.54) is 6.08 Å². The second-order valence-corrected chi connectivity index (χ2v) is 7.86. The first-order valence-electron chi connectivity index (χ1n) is 10.9.